The van der Waals surface area contributed by atoms with E-state index in [1.165, 1.54) is 0 Å². The second kappa shape index (κ2) is 6.45. The first-order valence-corrected chi connectivity index (χ1v) is 6.50. The molecule has 5 heteroatoms. The van der Waals surface area contributed by atoms with Crippen molar-refractivity contribution < 1.29 is 4.52 Å². The molecular formula is C14H20N4O. The minimum atomic E-state index is 0.412. The third kappa shape index (κ3) is 3.87. The van der Waals surface area contributed by atoms with E-state index in [4.69, 9.17) is 10.3 Å². The summed E-state index contributed by atoms with van der Waals surface area (Å²) in [5, 5.41) is 3.90. The lowest BCUT2D eigenvalue weighted by Crippen LogP contribution is -2.22. The number of rotatable bonds is 6. The van der Waals surface area contributed by atoms with E-state index in [0.29, 0.717) is 6.54 Å². The summed E-state index contributed by atoms with van der Waals surface area (Å²) in [6.07, 6.45) is 0. The van der Waals surface area contributed by atoms with E-state index in [9.17, 15) is 0 Å². The summed E-state index contributed by atoms with van der Waals surface area (Å²) in [6, 6.07) is 7.99. The Morgan fingerprint density at radius 1 is 1.26 bits per heavy atom. The van der Waals surface area contributed by atoms with Crippen LogP contribution in [0.4, 0.5) is 0 Å². The van der Waals surface area contributed by atoms with Crippen LogP contribution < -0.4 is 5.73 Å². The first-order valence-electron chi connectivity index (χ1n) is 6.50. The van der Waals surface area contributed by atoms with E-state index < -0.39 is 0 Å². The third-order valence-corrected chi connectivity index (χ3v) is 2.98. The van der Waals surface area contributed by atoms with Crippen LogP contribution in [0.3, 0.4) is 0 Å². The number of nitrogens with zero attached hydrogens (tertiary/aromatic N) is 3. The quantitative estimate of drug-likeness (QED) is 0.858. The fraction of sp³-hybridized carbons (Fsp3) is 0.429. The van der Waals surface area contributed by atoms with Crippen LogP contribution in [0.1, 0.15) is 29.8 Å². The second-order valence-corrected chi connectivity index (χ2v) is 4.56. The van der Waals surface area contributed by atoms with Gasteiger partial charge in [0.1, 0.15) is 0 Å². The Labute approximate surface area is 113 Å². The standard InChI is InChI=1S/C14H20N4O/c1-3-18(9-12-6-4-5-11(2)16-12)10-14-7-13(8-15)17-19-14/h4-7H,3,8-10,15H2,1-2H3. The van der Waals surface area contributed by atoms with E-state index in [1.54, 1.807) is 0 Å². The highest BCUT2D eigenvalue weighted by molar-refractivity contribution is 5.10. The van der Waals surface area contributed by atoms with Gasteiger partial charge in [-0.05, 0) is 25.6 Å². The average Bonchev–Trinajstić information content (AvgIpc) is 2.85. The molecule has 2 rings (SSSR count). The Morgan fingerprint density at radius 3 is 2.74 bits per heavy atom. The molecule has 0 saturated carbocycles. The summed E-state index contributed by atoms with van der Waals surface area (Å²) in [7, 11) is 0. The van der Waals surface area contributed by atoms with Gasteiger partial charge < -0.3 is 10.3 Å². The smallest absolute Gasteiger partial charge is 0.151 e. The lowest BCUT2D eigenvalue weighted by molar-refractivity contribution is 0.231. The molecule has 0 bridgehead atoms. The average molecular weight is 260 g/mol. The van der Waals surface area contributed by atoms with Gasteiger partial charge in [-0.3, -0.25) is 9.88 Å². The molecule has 0 unspecified atom stereocenters. The van der Waals surface area contributed by atoms with Gasteiger partial charge in [0.15, 0.2) is 5.76 Å². The number of nitrogens with two attached hydrogens (primary N) is 1. The maximum Gasteiger partial charge on any atom is 0.151 e. The van der Waals surface area contributed by atoms with Crippen LogP contribution >= 0.6 is 0 Å². The number of pyridine rings is 1. The van der Waals surface area contributed by atoms with Crippen molar-refractivity contribution in [3.63, 3.8) is 0 Å². The zero-order valence-electron chi connectivity index (χ0n) is 11.5. The maximum atomic E-state index is 5.52. The number of hydrogen-bond donors (Lipinski definition) is 1. The molecule has 0 atom stereocenters. The van der Waals surface area contributed by atoms with Crippen molar-refractivity contribution >= 4 is 0 Å². The van der Waals surface area contributed by atoms with Gasteiger partial charge in [0.05, 0.1) is 17.9 Å². The van der Waals surface area contributed by atoms with Gasteiger partial charge in [-0.2, -0.15) is 0 Å². The third-order valence-electron chi connectivity index (χ3n) is 2.98. The molecular weight excluding hydrogens is 240 g/mol. The Kier molecular flexibility index (Phi) is 4.65. The van der Waals surface area contributed by atoms with E-state index in [0.717, 1.165) is 42.5 Å². The van der Waals surface area contributed by atoms with Crippen molar-refractivity contribution in [3.05, 3.63) is 47.1 Å². The van der Waals surface area contributed by atoms with Gasteiger partial charge in [0, 0.05) is 24.8 Å². The summed E-state index contributed by atoms with van der Waals surface area (Å²) in [4.78, 5) is 6.77. The molecule has 0 spiro atoms. The van der Waals surface area contributed by atoms with Crippen molar-refractivity contribution in [1.82, 2.24) is 15.0 Å². The van der Waals surface area contributed by atoms with Crippen molar-refractivity contribution in [2.24, 2.45) is 5.73 Å². The summed E-state index contributed by atoms with van der Waals surface area (Å²) in [6.45, 7) is 6.99. The van der Waals surface area contributed by atoms with Crippen LogP contribution in [0.2, 0.25) is 0 Å². The SMILES string of the molecule is CCN(Cc1cccc(C)n1)Cc1cc(CN)no1. The molecule has 2 aromatic rings. The molecule has 0 aliphatic heterocycles. The minimum Gasteiger partial charge on any atom is -0.360 e. The van der Waals surface area contributed by atoms with Crippen LogP contribution in [0.15, 0.2) is 28.8 Å². The van der Waals surface area contributed by atoms with Crippen molar-refractivity contribution in [2.45, 2.75) is 33.5 Å². The lowest BCUT2D eigenvalue weighted by Gasteiger charge is -2.18. The predicted octanol–water partition coefficient (Wildman–Crippen LogP) is 1.86. The van der Waals surface area contributed by atoms with Gasteiger partial charge in [0.2, 0.25) is 0 Å². The molecule has 2 N–H and O–H groups in total. The summed E-state index contributed by atoms with van der Waals surface area (Å²) in [5.74, 6) is 0.843. The van der Waals surface area contributed by atoms with Gasteiger partial charge in [-0.15, -0.1) is 0 Å². The van der Waals surface area contributed by atoms with Gasteiger partial charge in [-0.25, -0.2) is 0 Å². The molecule has 0 radical (unpaired) electrons. The summed E-state index contributed by atoms with van der Waals surface area (Å²) >= 11 is 0. The van der Waals surface area contributed by atoms with Crippen LogP contribution in [-0.2, 0) is 19.6 Å². The highest BCUT2D eigenvalue weighted by atomic mass is 16.5. The summed E-state index contributed by atoms with van der Waals surface area (Å²) < 4.78 is 5.26. The second-order valence-electron chi connectivity index (χ2n) is 4.56. The van der Waals surface area contributed by atoms with E-state index in [-0.39, 0.29) is 0 Å². The van der Waals surface area contributed by atoms with Crippen molar-refractivity contribution in [3.8, 4) is 0 Å². The first-order chi connectivity index (χ1) is 9.21. The molecule has 0 fully saturated rings. The Balaban J connectivity index is 2.00. The van der Waals surface area contributed by atoms with Crippen LogP contribution in [0.5, 0.6) is 0 Å². The van der Waals surface area contributed by atoms with Crippen molar-refractivity contribution in [2.75, 3.05) is 6.54 Å². The Bertz CT molecular complexity index is 524. The number of hydrogen-bond acceptors (Lipinski definition) is 5. The Morgan fingerprint density at radius 2 is 2.11 bits per heavy atom. The van der Waals surface area contributed by atoms with E-state index in [2.05, 4.69) is 22.0 Å². The molecule has 2 heterocycles. The zero-order chi connectivity index (χ0) is 13.7. The van der Waals surface area contributed by atoms with Crippen LogP contribution in [-0.4, -0.2) is 21.6 Å². The highest BCUT2D eigenvalue weighted by Crippen LogP contribution is 2.10. The minimum absolute atomic E-state index is 0.412. The van der Waals surface area contributed by atoms with Crippen LogP contribution in [0.25, 0.3) is 0 Å². The highest BCUT2D eigenvalue weighted by Gasteiger charge is 2.10. The number of aryl methyl sites for hydroxylation is 1. The van der Waals surface area contributed by atoms with Gasteiger partial charge in [0.25, 0.3) is 0 Å². The Hall–Kier alpha value is -1.72. The van der Waals surface area contributed by atoms with Crippen LogP contribution in [0, 0.1) is 6.92 Å². The molecule has 102 valence electrons. The van der Waals surface area contributed by atoms with E-state index >= 15 is 0 Å². The fourth-order valence-corrected chi connectivity index (χ4v) is 1.94. The number of aromatic nitrogens is 2. The molecule has 0 aliphatic carbocycles. The molecule has 0 aromatic carbocycles. The van der Waals surface area contributed by atoms with Gasteiger partial charge >= 0.3 is 0 Å². The topological polar surface area (TPSA) is 68.2 Å². The lowest BCUT2D eigenvalue weighted by atomic mass is 10.2. The van der Waals surface area contributed by atoms with Crippen molar-refractivity contribution in [1.29, 1.82) is 0 Å². The molecule has 0 aliphatic rings. The molecule has 0 saturated heterocycles. The fourth-order valence-electron chi connectivity index (χ4n) is 1.94. The van der Waals surface area contributed by atoms with Gasteiger partial charge in [-0.1, -0.05) is 18.1 Å². The first kappa shape index (κ1) is 13.7. The zero-order valence-corrected chi connectivity index (χ0v) is 11.5. The monoisotopic (exact) mass is 260 g/mol. The maximum absolute atomic E-state index is 5.52. The predicted molar refractivity (Wildman–Crippen MR) is 73.2 cm³/mol. The van der Waals surface area contributed by atoms with E-state index in [1.807, 2.05) is 31.2 Å². The summed E-state index contributed by atoms with van der Waals surface area (Å²) in [5.41, 5.74) is 8.42. The normalized spacial score (nSPS) is 11.2. The molecule has 0 amide bonds. The molecule has 19 heavy (non-hydrogen) atoms. The largest absolute Gasteiger partial charge is 0.360 e. The molecule has 5 nitrogen and oxygen atoms in total. The molecule has 2 aromatic heterocycles.